The average molecular weight is 284 g/mol. The monoisotopic (exact) mass is 284 g/mol. The maximum absolute atomic E-state index is 13.9. The Hall–Kier alpha value is -1.04. The Bertz CT molecular complexity index is 440. The molecule has 2 atom stereocenters. The van der Waals surface area contributed by atoms with Gasteiger partial charge in [0.1, 0.15) is 11.6 Å². The van der Waals surface area contributed by atoms with Crippen molar-refractivity contribution in [2.24, 2.45) is 5.73 Å². The lowest BCUT2D eigenvalue weighted by Crippen LogP contribution is -2.44. The van der Waals surface area contributed by atoms with E-state index < -0.39 is 11.6 Å². The average Bonchev–Trinajstić information content (AvgIpc) is 2.44. The molecule has 0 bridgehead atoms. The summed E-state index contributed by atoms with van der Waals surface area (Å²) in [6.45, 7) is 4.44. The molecule has 0 radical (unpaired) electrons. The van der Waals surface area contributed by atoms with Crippen molar-refractivity contribution >= 4 is 0 Å². The lowest BCUT2D eigenvalue weighted by atomic mass is 10.00. The van der Waals surface area contributed by atoms with Gasteiger partial charge in [-0.3, -0.25) is 4.90 Å². The number of likely N-dealkylation sites (tertiary alicyclic amines) is 1. The van der Waals surface area contributed by atoms with Gasteiger partial charge in [0.25, 0.3) is 0 Å². The Labute approximate surface area is 118 Å². The first kappa shape index (κ1) is 15.4. The van der Waals surface area contributed by atoms with Crippen molar-refractivity contribution < 1.29 is 13.5 Å². The van der Waals surface area contributed by atoms with Crippen LogP contribution < -0.4 is 5.73 Å². The molecule has 0 amide bonds. The highest BCUT2D eigenvalue weighted by Gasteiger charge is 2.28. The highest BCUT2D eigenvalue weighted by molar-refractivity contribution is 5.23. The van der Waals surface area contributed by atoms with E-state index in [-0.39, 0.29) is 18.7 Å². The van der Waals surface area contributed by atoms with Gasteiger partial charge in [0, 0.05) is 25.3 Å². The van der Waals surface area contributed by atoms with Gasteiger partial charge in [0.2, 0.25) is 0 Å². The molecule has 1 aliphatic rings. The molecule has 1 aromatic carbocycles. The topological polar surface area (TPSA) is 38.5 Å². The number of rotatable bonds is 5. The predicted octanol–water partition coefficient (Wildman–Crippen LogP) is 2.47. The van der Waals surface area contributed by atoms with Crippen molar-refractivity contribution in [2.75, 3.05) is 26.2 Å². The van der Waals surface area contributed by atoms with Gasteiger partial charge in [-0.25, -0.2) is 8.78 Å². The molecule has 1 aromatic rings. The maximum Gasteiger partial charge on any atom is 0.128 e. The van der Waals surface area contributed by atoms with E-state index in [1.165, 1.54) is 6.07 Å². The number of ether oxygens (including phenoxy) is 1. The standard InChI is InChI=1S/C15H22F2N2O/c1-2-20-12-4-3-7-19(10-12)15(9-18)13-8-11(16)5-6-14(13)17/h5-6,8,12,15H,2-4,7,9-10,18H2,1H3. The molecule has 1 heterocycles. The molecule has 1 saturated heterocycles. The Balaban J connectivity index is 2.16. The predicted molar refractivity (Wildman–Crippen MR) is 74.4 cm³/mol. The molecule has 0 aromatic heterocycles. The maximum atomic E-state index is 13.9. The van der Waals surface area contributed by atoms with Crippen molar-refractivity contribution in [3.05, 3.63) is 35.4 Å². The lowest BCUT2D eigenvalue weighted by molar-refractivity contribution is -0.00705. The molecule has 2 unspecified atom stereocenters. The highest BCUT2D eigenvalue weighted by atomic mass is 19.1. The molecule has 0 saturated carbocycles. The second-order valence-corrected chi connectivity index (χ2v) is 5.13. The number of nitrogens with zero attached hydrogens (tertiary/aromatic N) is 1. The van der Waals surface area contributed by atoms with Gasteiger partial charge in [-0.2, -0.15) is 0 Å². The Kier molecular flexibility index (Phi) is 5.46. The first-order chi connectivity index (χ1) is 9.65. The van der Waals surface area contributed by atoms with E-state index in [9.17, 15) is 8.78 Å². The fourth-order valence-corrected chi connectivity index (χ4v) is 2.86. The van der Waals surface area contributed by atoms with E-state index in [1.54, 1.807) is 0 Å². The van der Waals surface area contributed by atoms with Crippen LogP contribution in [0.2, 0.25) is 0 Å². The molecule has 2 N–H and O–H groups in total. The van der Waals surface area contributed by atoms with E-state index in [1.807, 2.05) is 6.92 Å². The normalized spacial score (nSPS) is 21.9. The van der Waals surface area contributed by atoms with Gasteiger partial charge in [0.05, 0.1) is 12.1 Å². The summed E-state index contributed by atoms with van der Waals surface area (Å²) in [5.74, 6) is -0.835. The van der Waals surface area contributed by atoms with E-state index in [0.29, 0.717) is 18.7 Å². The molecule has 3 nitrogen and oxygen atoms in total. The van der Waals surface area contributed by atoms with Crippen LogP contribution >= 0.6 is 0 Å². The Morgan fingerprint density at radius 2 is 2.25 bits per heavy atom. The number of nitrogens with two attached hydrogens (primary N) is 1. The third kappa shape index (κ3) is 3.53. The Morgan fingerprint density at radius 3 is 2.95 bits per heavy atom. The van der Waals surface area contributed by atoms with Crippen molar-refractivity contribution in [3.63, 3.8) is 0 Å². The summed E-state index contributed by atoms with van der Waals surface area (Å²) in [4.78, 5) is 2.10. The van der Waals surface area contributed by atoms with Gasteiger partial charge < -0.3 is 10.5 Å². The van der Waals surface area contributed by atoms with Gasteiger partial charge >= 0.3 is 0 Å². The summed E-state index contributed by atoms with van der Waals surface area (Å²) in [6.07, 6.45) is 2.14. The number of hydrogen-bond acceptors (Lipinski definition) is 3. The molecular formula is C15H22F2N2O. The molecular weight excluding hydrogens is 262 g/mol. The zero-order valence-electron chi connectivity index (χ0n) is 11.8. The first-order valence-electron chi connectivity index (χ1n) is 7.16. The molecule has 5 heteroatoms. The molecule has 2 rings (SSSR count). The molecule has 20 heavy (non-hydrogen) atoms. The molecule has 1 aliphatic heterocycles. The van der Waals surface area contributed by atoms with Gasteiger partial charge in [-0.1, -0.05) is 0 Å². The summed E-state index contributed by atoms with van der Waals surface area (Å²) in [6, 6.07) is 3.24. The third-order valence-corrected chi connectivity index (χ3v) is 3.79. The van der Waals surface area contributed by atoms with E-state index in [0.717, 1.165) is 31.5 Å². The number of hydrogen-bond donors (Lipinski definition) is 1. The van der Waals surface area contributed by atoms with Crippen molar-refractivity contribution in [1.82, 2.24) is 4.90 Å². The van der Waals surface area contributed by atoms with Gasteiger partial charge in [-0.15, -0.1) is 0 Å². The van der Waals surface area contributed by atoms with E-state index in [4.69, 9.17) is 10.5 Å². The third-order valence-electron chi connectivity index (χ3n) is 3.79. The summed E-state index contributed by atoms with van der Waals surface area (Å²) in [5.41, 5.74) is 6.14. The number of piperidine rings is 1. The second-order valence-electron chi connectivity index (χ2n) is 5.13. The fourth-order valence-electron chi connectivity index (χ4n) is 2.86. The second kappa shape index (κ2) is 7.11. The zero-order valence-corrected chi connectivity index (χ0v) is 11.8. The summed E-state index contributed by atoms with van der Waals surface area (Å²) >= 11 is 0. The van der Waals surface area contributed by atoms with Crippen molar-refractivity contribution in [1.29, 1.82) is 0 Å². The summed E-state index contributed by atoms with van der Waals surface area (Å²) in [7, 11) is 0. The minimum atomic E-state index is -0.432. The zero-order chi connectivity index (χ0) is 14.5. The quantitative estimate of drug-likeness (QED) is 0.902. The van der Waals surface area contributed by atoms with Crippen LogP contribution in [0.4, 0.5) is 8.78 Å². The molecule has 112 valence electrons. The smallest absolute Gasteiger partial charge is 0.128 e. The van der Waals surface area contributed by atoms with Crippen LogP contribution in [0.25, 0.3) is 0 Å². The van der Waals surface area contributed by atoms with Crippen LogP contribution in [0, 0.1) is 11.6 Å². The molecule has 0 aliphatic carbocycles. The number of benzene rings is 1. The van der Waals surface area contributed by atoms with Crippen LogP contribution in [-0.4, -0.2) is 37.2 Å². The molecule has 0 spiro atoms. The van der Waals surface area contributed by atoms with Crippen LogP contribution in [0.3, 0.4) is 0 Å². The van der Waals surface area contributed by atoms with E-state index >= 15 is 0 Å². The van der Waals surface area contributed by atoms with Crippen molar-refractivity contribution in [2.45, 2.75) is 31.9 Å². The Morgan fingerprint density at radius 1 is 1.45 bits per heavy atom. The minimum absolute atomic E-state index is 0.152. The SMILES string of the molecule is CCOC1CCCN(C(CN)c2cc(F)ccc2F)C1. The largest absolute Gasteiger partial charge is 0.377 e. The first-order valence-corrected chi connectivity index (χ1v) is 7.16. The van der Waals surface area contributed by atoms with E-state index in [2.05, 4.69) is 4.90 Å². The molecule has 1 fully saturated rings. The van der Waals surface area contributed by atoms with Crippen LogP contribution in [0.15, 0.2) is 18.2 Å². The fraction of sp³-hybridized carbons (Fsp3) is 0.600. The minimum Gasteiger partial charge on any atom is -0.377 e. The summed E-state index contributed by atoms with van der Waals surface area (Å²) in [5, 5.41) is 0. The van der Waals surface area contributed by atoms with Gasteiger partial charge in [-0.05, 0) is 44.5 Å². The summed E-state index contributed by atoms with van der Waals surface area (Å²) < 4.78 is 32.9. The van der Waals surface area contributed by atoms with Crippen molar-refractivity contribution in [3.8, 4) is 0 Å². The van der Waals surface area contributed by atoms with Crippen LogP contribution in [0.5, 0.6) is 0 Å². The van der Waals surface area contributed by atoms with Crippen LogP contribution in [-0.2, 0) is 4.74 Å². The van der Waals surface area contributed by atoms with Crippen LogP contribution in [0.1, 0.15) is 31.4 Å². The number of halogens is 2. The lowest BCUT2D eigenvalue weighted by Gasteiger charge is -2.38. The van der Waals surface area contributed by atoms with Gasteiger partial charge in [0.15, 0.2) is 0 Å². The highest BCUT2D eigenvalue weighted by Crippen LogP contribution is 2.27.